The van der Waals surface area contributed by atoms with Crippen molar-refractivity contribution in [2.45, 2.75) is 33.2 Å². The van der Waals surface area contributed by atoms with Crippen LogP contribution in [0.3, 0.4) is 0 Å². The van der Waals surface area contributed by atoms with Gasteiger partial charge >= 0.3 is 0 Å². The number of carbonyl (C=O) groups is 1. The van der Waals surface area contributed by atoms with Gasteiger partial charge in [0.25, 0.3) is 5.56 Å². The number of aryl methyl sites for hydroxylation is 2. The summed E-state index contributed by atoms with van der Waals surface area (Å²) in [5, 5.41) is 8.71. The Balaban J connectivity index is 1.70. The lowest BCUT2D eigenvalue weighted by Gasteiger charge is -2.08. The highest BCUT2D eigenvalue weighted by molar-refractivity contribution is 7.17. The molecule has 0 saturated carbocycles. The van der Waals surface area contributed by atoms with Gasteiger partial charge in [0, 0.05) is 37.0 Å². The van der Waals surface area contributed by atoms with Gasteiger partial charge in [0.1, 0.15) is 4.83 Å². The van der Waals surface area contributed by atoms with Crippen LogP contribution < -0.4 is 16.2 Å². The highest BCUT2D eigenvalue weighted by Gasteiger charge is 2.13. The van der Waals surface area contributed by atoms with Gasteiger partial charge in [-0.05, 0) is 25.5 Å². The molecule has 0 aliphatic heterocycles. The normalized spacial score (nSPS) is 11.1. The quantitative estimate of drug-likeness (QED) is 0.544. The molecule has 2 aromatic heterocycles. The highest BCUT2D eigenvalue weighted by Crippen LogP contribution is 2.30. The Kier molecular flexibility index (Phi) is 6.95. The van der Waals surface area contributed by atoms with Crippen molar-refractivity contribution in [1.82, 2.24) is 20.2 Å². The molecule has 148 valence electrons. The number of amides is 1. The van der Waals surface area contributed by atoms with Crippen LogP contribution in [0.5, 0.6) is 0 Å². The van der Waals surface area contributed by atoms with Gasteiger partial charge in [0.05, 0.1) is 11.7 Å². The second kappa shape index (κ2) is 9.61. The average Bonchev–Trinajstić information content (AvgIpc) is 3.13. The number of hydrogen-bond donors (Lipinski definition) is 2. The topological polar surface area (TPSA) is 76.0 Å². The fraction of sp³-hybridized carbons (Fsp3) is 0.381. The number of carbonyl (C=O) groups excluding carboxylic acids is 1. The summed E-state index contributed by atoms with van der Waals surface area (Å²) < 4.78 is 1.53. The molecule has 1 amide bonds. The third-order valence-electron chi connectivity index (χ3n) is 4.55. The fourth-order valence-corrected chi connectivity index (χ4v) is 3.88. The molecule has 0 spiro atoms. The van der Waals surface area contributed by atoms with Gasteiger partial charge in [-0.25, -0.2) is 4.98 Å². The van der Waals surface area contributed by atoms with E-state index in [0.29, 0.717) is 18.5 Å². The Morgan fingerprint density at radius 2 is 1.96 bits per heavy atom. The Morgan fingerprint density at radius 3 is 2.71 bits per heavy atom. The summed E-state index contributed by atoms with van der Waals surface area (Å²) in [5.41, 5.74) is 2.98. The standard InChI is InChI=1S/C21H26N4O2S/c1-3-9-22-10-11-23-18(26)8-12-25-14-24-20-19(21(25)27)17(13-28-20)16-6-4-15(2)5-7-16/h4-7,13-14,22H,3,8-12H2,1-2H3,(H,23,26). The van der Waals surface area contributed by atoms with Crippen LogP contribution in [0.1, 0.15) is 25.3 Å². The molecule has 2 N–H and O–H groups in total. The van der Waals surface area contributed by atoms with Gasteiger partial charge in [-0.3, -0.25) is 14.2 Å². The molecule has 0 saturated heterocycles. The van der Waals surface area contributed by atoms with E-state index in [-0.39, 0.29) is 17.9 Å². The number of benzene rings is 1. The smallest absolute Gasteiger partial charge is 0.262 e. The number of rotatable bonds is 9. The molecule has 2 heterocycles. The lowest BCUT2D eigenvalue weighted by atomic mass is 10.1. The third-order valence-corrected chi connectivity index (χ3v) is 5.44. The molecule has 28 heavy (non-hydrogen) atoms. The Bertz CT molecular complexity index is 992. The van der Waals surface area contributed by atoms with Crippen molar-refractivity contribution in [3.05, 3.63) is 51.9 Å². The fourth-order valence-electron chi connectivity index (χ4n) is 2.97. The van der Waals surface area contributed by atoms with Gasteiger partial charge in [0.15, 0.2) is 0 Å². The molecule has 0 aliphatic rings. The van der Waals surface area contributed by atoms with Crippen LogP contribution in [-0.2, 0) is 11.3 Å². The second-order valence-corrected chi connectivity index (χ2v) is 7.65. The molecule has 7 heteroatoms. The zero-order valence-corrected chi connectivity index (χ0v) is 17.1. The van der Waals surface area contributed by atoms with Gasteiger partial charge in [-0.1, -0.05) is 36.8 Å². The zero-order valence-electron chi connectivity index (χ0n) is 16.3. The van der Waals surface area contributed by atoms with Crippen molar-refractivity contribution in [1.29, 1.82) is 0 Å². The van der Waals surface area contributed by atoms with E-state index in [1.807, 2.05) is 36.6 Å². The molecule has 0 bridgehead atoms. The molecule has 3 rings (SSSR count). The van der Waals surface area contributed by atoms with E-state index >= 15 is 0 Å². The Morgan fingerprint density at radius 1 is 1.18 bits per heavy atom. The van der Waals surface area contributed by atoms with Crippen molar-refractivity contribution >= 4 is 27.5 Å². The minimum absolute atomic E-state index is 0.0608. The highest BCUT2D eigenvalue weighted by atomic mass is 32.1. The number of aromatic nitrogens is 2. The number of thiophene rings is 1. The maximum Gasteiger partial charge on any atom is 0.262 e. The van der Waals surface area contributed by atoms with Gasteiger partial charge in [-0.2, -0.15) is 0 Å². The summed E-state index contributed by atoms with van der Waals surface area (Å²) in [6.07, 6.45) is 2.86. The maximum absolute atomic E-state index is 13.0. The first-order valence-corrected chi connectivity index (χ1v) is 10.5. The average molecular weight is 399 g/mol. The first-order valence-electron chi connectivity index (χ1n) is 9.61. The molecule has 0 fully saturated rings. The monoisotopic (exact) mass is 398 g/mol. The first kappa shape index (κ1) is 20.2. The minimum atomic E-state index is -0.0979. The van der Waals surface area contributed by atoms with Crippen LogP contribution in [0.4, 0.5) is 0 Å². The summed E-state index contributed by atoms with van der Waals surface area (Å²) >= 11 is 1.47. The predicted octanol–water partition coefficient (Wildman–Crippen LogP) is 2.94. The number of fused-ring (bicyclic) bond motifs is 1. The van der Waals surface area contributed by atoms with Crippen LogP contribution in [0, 0.1) is 6.92 Å². The molecule has 0 unspecified atom stereocenters. The molecule has 1 aromatic carbocycles. The van der Waals surface area contributed by atoms with Crippen molar-refractivity contribution < 1.29 is 4.79 Å². The molecule has 0 aliphatic carbocycles. The summed E-state index contributed by atoms with van der Waals surface area (Å²) in [7, 11) is 0. The maximum atomic E-state index is 13.0. The van der Waals surface area contributed by atoms with E-state index in [2.05, 4.69) is 22.5 Å². The summed E-state index contributed by atoms with van der Waals surface area (Å²) in [5.74, 6) is -0.0608. The lowest BCUT2D eigenvalue weighted by molar-refractivity contribution is -0.121. The summed E-state index contributed by atoms with van der Waals surface area (Å²) in [4.78, 5) is 30.1. The Labute approximate surface area is 168 Å². The number of nitrogens with zero attached hydrogens (tertiary/aromatic N) is 2. The van der Waals surface area contributed by atoms with Gasteiger partial charge in [0.2, 0.25) is 5.91 Å². The van der Waals surface area contributed by atoms with Crippen LogP contribution in [0.25, 0.3) is 21.3 Å². The third kappa shape index (κ3) is 4.85. The lowest BCUT2D eigenvalue weighted by Crippen LogP contribution is -2.33. The van der Waals surface area contributed by atoms with E-state index in [0.717, 1.165) is 35.5 Å². The van der Waals surface area contributed by atoms with Crippen molar-refractivity contribution in [2.24, 2.45) is 0 Å². The summed E-state index contributed by atoms with van der Waals surface area (Å²) in [6, 6.07) is 8.11. The van der Waals surface area contributed by atoms with E-state index in [9.17, 15) is 9.59 Å². The van der Waals surface area contributed by atoms with Crippen molar-refractivity contribution in [2.75, 3.05) is 19.6 Å². The van der Waals surface area contributed by atoms with Crippen molar-refractivity contribution in [3.63, 3.8) is 0 Å². The number of nitrogens with one attached hydrogen (secondary N) is 2. The van der Waals surface area contributed by atoms with Crippen LogP contribution >= 0.6 is 11.3 Å². The summed E-state index contributed by atoms with van der Waals surface area (Å²) in [6.45, 7) is 6.75. The van der Waals surface area contributed by atoms with Crippen molar-refractivity contribution in [3.8, 4) is 11.1 Å². The molecule has 6 nitrogen and oxygen atoms in total. The minimum Gasteiger partial charge on any atom is -0.355 e. The first-order chi connectivity index (χ1) is 13.6. The zero-order chi connectivity index (χ0) is 19.9. The molecule has 0 atom stereocenters. The largest absolute Gasteiger partial charge is 0.355 e. The number of hydrogen-bond acceptors (Lipinski definition) is 5. The van der Waals surface area contributed by atoms with E-state index in [4.69, 9.17) is 0 Å². The van der Waals surface area contributed by atoms with Gasteiger partial charge < -0.3 is 10.6 Å². The van der Waals surface area contributed by atoms with Crippen LogP contribution in [0.2, 0.25) is 0 Å². The molecular formula is C21H26N4O2S. The molecule has 3 aromatic rings. The van der Waals surface area contributed by atoms with Gasteiger partial charge in [-0.15, -0.1) is 11.3 Å². The van der Waals surface area contributed by atoms with Crippen LogP contribution in [0.15, 0.2) is 40.8 Å². The predicted molar refractivity (Wildman–Crippen MR) is 115 cm³/mol. The van der Waals surface area contributed by atoms with E-state index in [1.165, 1.54) is 27.8 Å². The van der Waals surface area contributed by atoms with E-state index < -0.39 is 0 Å². The van der Waals surface area contributed by atoms with Crippen LogP contribution in [-0.4, -0.2) is 35.1 Å². The Hall–Kier alpha value is -2.51. The molecular weight excluding hydrogens is 372 g/mol. The SMILES string of the molecule is CCCNCCNC(=O)CCn1cnc2scc(-c3ccc(C)cc3)c2c1=O. The second-order valence-electron chi connectivity index (χ2n) is 6.79. The molecule has 0 radical (unpaired) electrons. The van der Waals surface area contributed by atoms with E-state index in [1.54, 1.807) is 0 Å².